The summed E-state index contributed by atoms with van der Waals surface area (Å²) in [5.74, 6) is -0.488. The minimum Gasteiger partial charge on any atom is -0.497 e. The predicted molar refractivity (Wildman–Crippen MR) is 68.1 cm³/mol. The van der Waals surface area contributed by atoms with E-state index in [0.29, 0.717) is 24.2 Å². The van der Waals surface area contributed by atoms with Crippen LogP contribution >= 0.6 is 0 Å². The number of hydrogen-bond donors (Lipinski definition) is 2. The van der Waals surface area contributed by atoms with Crippen molar-refractivity contribution in [3.05, 3.63) is 29.6 Å². The highest BCUT2D eigenvalue weighted by atomic mass is 19.1. The fourth-order valence-corrected chi connectivity index (χ4v) is 2.41. The number of ether oxygens (including phenoxy) is 1. The summed E-state index contributed by atoms with van der Waals surface area (Å²) >= 11 is 0. The fourth-order valence-electron chi connectivity index (χ4n) is 2.41. The third-order valence-electron chi connectivity index (χ3n) is 3.45. The second kappa shape index (κ2) is 6.02. The van der Waals surface area contributed by atoms with Crippen molar-refractivity contribution < 1.29 is 19.0 Å². The average Bonchev–Trinajstić information content (AvgIpc) is 2.81. The summed E-state index contributed by atoms with van der Waals surface area (Å²) in [6.45, 7) is 0.232. The Morgan fingerprint density at radius 1 is 1.47 bits per heavy atom. The number of methoxy groups -OCH3 is 1. The maximum absolute atomic E-state index is 13.3. The molecule has 1 aromatic rings. The van der Waals surface area contributed by atoms with Crippen molar-refractivity contribution in [1.29, 1.82) is 0 Å². The van der Waals surface area contributed by atoms with E-state index >= 15 is 0 Å². The van der Waals surface area contributed by atoms with E-state index in [4.69, 9.17) is 4.74 Å². The van der Waals surface area contributed by atoms with Crippen molar-refractivity contribution in [1.82, 2.24) is 5.32 Å². The molecule has 2 unspecified atom stereocenters. The molecule has 1 saturated carbocycles. The first kappa shape index (κ1) is 13.8. The first-order chi connectivity index (χ1) is 9.10. The lowest BCUT2D eigenvalue weighted by atomic mass is 10.1. The molecule has 104 valence electrons. The molecule has 1 aliphatic carbocycles. The van der Waals surface area contributed by atoms with E-state index in [9.17, 15) is 14.3 Å². The van der Waals surface area contributed by atoms with Gasteiger partial charge in [0.05, 0.1) is 19.1 Å². The maximum atomic E-state index is 13.3. The van der Waals surface area contributed by atoms with Gasteiger partial charge in [0.2, 0.25) is 5.91 Å². The van der Waals surface area contributed by atoms with Crippen LogP contribution in [0.25, 0.3) is 0 Å². The van der Waals surface area contributed by atoms with E-state index < -0.39 is 11.9 Å². The SMILES string of the molecule is COc1cc(F)cc(CNC(=O)C2CCCC2O)c1. The lowest BCUT2D eigenvalue weighted by Gasteiger charge is -2.14. The van der Waals surface area contributed by atoms with Crippen molar-refractivity contribution in [2.45, 2.75) is 31.9 Å². The highest BCUT2D eigenvalue weighted by Crippen LogP contribution is 2.25. The number of hydrogen-bond acceptors (Lipinski definition) is 3. The van der Waals surface area contributed by atoms with Crippen LogP contribution in [-0.2, 0) is 11.3 Å². The van der Waals surface area contributed by atoms with Gasteiger partial charge in [0.1, 0.15) is 11.6 Å². The summed E-state index contributed by atoms with van der Waals surface area (Å²) in [5, 5.41) is 12.4. The summed E-state index contributed by atoms with van der Waals surface area (Å²) in [6, 6.07) is 4.31. The van der Waals surface area contributed by atoms with Crippen molar-refractivity contribution in [3.8, 4) is 5.75 Å². The Balaban J connectivity index is 1.94. The molecule has 2 rings (SSSR count). The van der Waals surface area contributed by atoms with Crippen molar-refractivity contribution in [2.24, 2.45) is 5.92 Å². The first-order valence-corrected chi connectivity index (χ1v) is 6.39. The van der Waals surface area contributed by atoms with E-state index in [2.05, 4.69) is 5.32 Å². The Morgan fingerprint density at radius 3 is 2.89 bits per heavy atom. The minimum atomic E-state index is -0.554. The van der Waals surface area contributed by atoms with Gasteiger partial charge in [-0.15, -0.1) is 0 Å². The van der Waals surface area contributed by atoms with Crippen LogP contribution in [0.1, 0.15) is 24.8 Å². The fraction of sp³-hybridized carbons (Fsp3) is 0.500. The van der Waals surface area contributed by atoms with Crippen molar-refractivity contribution >= 4 is 5.91 Å². The van der Waals surface area contributed by atoms with Gasteiger partial charge in [0.25, 0.3) is 0 Å². The third kappa shape index (κ3) is 3.44. The van der Waals surface area contributed by atoms with Crippen molar-refractivity contribution in [3.63, 3.8) is 0 Å². The standard InChI is InChI=1S/C14H18FNO3/c1-19-11-6-9(5-10(15)7-11)8-16-14(18)12-3-2-4-13(12)17/h5-7,12-13,17H,2-4,8H2,1H3,(H,16,18). The topological polar surface area (TPSA) is 58.6 Å². The van der Waals surface area contributed by atoms with Crippen molar-refractivity contribution in [2.75, 3.05) is 7.11 Å². The summed E-state index contributed by atoms with van der Waals surface area (Å²) < 4.78 is 18.2. The zero-order valence-corrected chi connectivity index (χ0v) is 10.9. The number of carbonyl (C=O) groups excluding carboxylic acids is 1. The van der Waals surface area contributed by atoms with Crippen LogP contribution in [0, 0.1) is 11.7 Å². The lowest BCUT2D eigenvalue weighted by molar-refractivity contribution is -0.127. The molecule has 0 heterocycles. The molecule has 19 heavy (non-hydrogen) atoms. The van der Waals surface area contributed by atoms with Gasteiger partial charge in [-0.05, 0) is 37.0 Å². The second-order valence-corrected chi connectivity index (χ2v) is 4.82. The number of benzene rings is 1. The Kier molecular flexibility index (Phi) is 4.37. The number of amides is 1. The summed E-state index contributed by atoms with van der Waals surface area (Å²) in [5.41, 5.74) is 0.637. The molecule has 1 amide bonds. The molecule has 2 N–H and O–H groups in total. The molecule has 1 aromatic carbocycles. The third-order valence-corrected chi connectivity index (χ3v) is 3.45. The van der Waals surface area contributed by atoms with E-state index in [0.717, 1.165) is 6.42 Å². The quantitative estimate of drug-likeness (QED) is 0.871. The maximum Gasteiger partial charge on any atom is 0.225 e. The molecular formula is C14H18FNO3. The number of rotatable bonds is 4. The van der Waals surface area contributed by atoms with E-state index in [-0.39, 0.29) is 18.4 Å². The normalized spacial score (nSPS) is 22.3. The average molecular weight is 267 g/mol. The molecule has 1 aliphatic rings. The zero-order valence-electron chi connectivity index (χ0n) is 10.9. The number of aliphatic hydroxyl groups excluding tert-OH is 1. The van der Waals surface area contributed by atoms with E-state index in [1.54, 1.807) is 6.07 Å². The Bertz CT molecular complexity index is 464. The second-order valence-electron chi connectivity index (χ2n) is 4.82. The highest BCUT2D eigenvalue weighted by molar-refractivity contribution is 5.79. The smallest absolute Gasteiger partial charge is 0.225 e. The molecule has 0 spiro atoms. The van der Waals surface area contributed by atoms with Crippen LogP contribution in [0.4, 0.5) is 4.39 Å². The summed E-state index contributed by atoms with van der Waals surface area (Å²) in [6.07, 6.45) is 1.69. The Labute approximate surface area is 111 Å². The van der Waals surface area contributed by atoms with Gasteiger partial charge in [-0.1, -0.05) is 0 Å². The molecule has 1 fully saturated rings. The number of halogens is 1. The number of aliphatic hydroxyl groups is 1. The van der Waals surface area contributed by atoms with Crippen LogP contribution < -0.4 is 10.1 Å². The van der Waals surface area contributed by atoms with Gasteiger partial charge in [0.15, 0.2) is 0 Å². The van der Waals surface area contributed by atoms with Crippen LogP contribution in [0.5, 0.6) is 5.75 Å². The summed E-state index contributed by atoms with van der Waals surface area (Å²) in [7, 11) is 1.46. The van der Waals surface area contributed by atoms with Crippen LogP contribution in [-0.4, -0.2) is 24.2 Å². The highest BCUT2D eigenvalue weighted by Gasteiger charge is 2.31. The molecule has 0 bridgehead atoms. The van der Waals surface area contributed by atoms with Crippen LogP contribution in [0.2, 0.25) is 0 Å². The van der Waals surface area contributed by atoms with Crippen LogP contribution in [0.3, 0.4) is 0 Å². The van der Waals surface area contributed by atoms with Gasteiger partial charge in [0, 0.05) is 12.6 Å². The first-order valence-electron chi connectivity index (χ1n) is 6.39. The number of nitrogens with one attached hydrogen (secondary N) is 1. The molecule has 0 saturated heterocycles. The summed E-state index contributed by atoms with van der Waals surface area (Å²) in [4.78, 5) is 11.9. The van der Waals surface area contributed by atoms with E-state index in [1.165, 1.54) is 19.2 Å². The van der Waals surface area contributed by atoms with Gasteiger partial charge in [-0.2, -0.15) is 0 Å². The molecule has 5 heteroatoms. The molecule has 4 nitrogen and oxygen atoms in total. The van der Waals surface area contributed by atoms with Crippen LogP contribution in [0.15, 0.2) is 18.2 Å². The molecule has 0 radical (unpaired) electrons. The molecule has 0 aromatic heterocycles. The lowest BCUT2D eigenvalue weighted by Crippen LogP contribution is -2.34. The number of carbonyl (C=O) groups is 1. The van der Waals surface area contributed by atoms with Gasteiger partial charge >= 0.3 is 0 Å². The molecule has 2 atom stereocenters. The van der Waals surface area contributed by atoms with E-state index in [1.807, 2.05) is 0 Å². The molecular weight excluding hydrogens is 249 g/mol. The predicted octanol–water partition coefficient (Wildman–Crippen LogP) is 1.61. The largest absolute Gasteiger partial charge is 0.497 e. The van der Waals surface area contributed by atoms with Gasteiger partial charge in [-0.3, -0.25) is 4.79 Å². The minimum absolute atomic E-state index is 0.173. The van der Waals surface area contributed by atoms with Gasteiger partial charge in [-0.25, -0.2) is 4.39 Å². The molecule has 0 aliphatic heterocycles. The Hall–Kier alpha value is -1.62. The van der Waals surface area contributed by atoms with Gasteiger partial charge < -0.3 is 15.2 Å². The Morgan fingerprint density at radius 2 is 2.26 bits per heavy atom. The zero-order chi connectivity index (χ0) is 13.8. The monoisotopic (exact) mass is 267 g/mol.